The minimum Gasteiger partial charge on any atom is -0.454 e. The predicted molar refractivity (Wildman–Crippen MR) is 119 cm³/mol. The second kappa shape index (κ2) is 8.99. The summed E-state index contributed by atoms with van der Waals surface area (Å²) in [6.45, 7) is -3.45. The molecule has 7 nitrogen and oxygen atoms in total. The van der Waals surface area contributed by atoms with Crippen LogP contribution in [0.1, 0.15) is 22.7 Å². The van der Waals surface area contributed by atoms with Crippen LogP contribution in [0.25, 0.3) is 11.0 Å². The molecule has 4 rings (SSSR count). The van der Waals surface area contributed by atoms with E-state index in [4.69, 9.17) is 4.74 Å². The second-order valence-electron chi connectivity index (χ2n) is 7.04. The van der Waals surface area contributed by atoms with Gasteiger partial charge in [0, 0.05) is 7.05 Å². The largest absolute Gasteiger partial charge is 0.454 e. The van der Waals surface area contributed by atoms with E-state index in [2.05, 4.69) is 4.98 Å². The van der Waals surface area contributed by atoms with Crippen molar-refractivity contribution in [1.82, 2.24) is 9.55 Å². The van der Waals surface area contributed by atoms with Crippen LogP contribution in [0.3, 0.4) is 0 Å². The van der Waals surface area contributed by atoms with Crippen molar-refractivity contribution in [2.24, 2.45) is 0 Å². The van der Waals surface area contributed by atoms with Crippen LogP contribution in [0, 0.1) is 0 Å². The monoisotopic (exact) mass is 471 g/mol. The number of para-hydroxylation sites is 3. The number of rotatable bonds is 7. The SMILES string of the molecule is CN(c1ccccc1)S(=O)(=O)c1ccccc1C(=O)OCc1nc2ccccc2n1C(F)F. The molecule has 1 aromatic heterocycles. The van der Waals surface area contributed by atoms with Crippen LogP contribution in [0.5, 0.6) is 0 Å². The summed E-state index contributed by atoms with van der Waals surface area (Å²) in [5.41, 5.74) is 0.730. The molecule has 0 bridgehead atoms. The van der Waals surface area contributed by atoms with Gasteiger partial charge in [0.1, 0.15) is 11.5 Å². The van der Waals surface area contributed by atoms with Crippen molar-refractivity contribution < 1.29 is 26.7 Å². The highest BCUT2D eigenvalue weighted by Crippen LogP contribution is 2.26. The van der Waals surface area contributed by atoms with Crippen LogP contribution in [-0.4, -0.2) is 31.0 Å². The highest BCUT2D eigenvalue weighted by atomic mass is 32.2. The molecule has 3 aromatic carbocycles. The van der Waals surface area contributed by atoms with Crippen molar-refractivity contribution in [2.75, 3.05) is 11.4 Å². The Hall–Kier alpha value is -3.79. The molecule has 0 atom stereocenters. The number of nitrogens with zero attached hydrogens (tertiary/aromatic N) is 3. The molecule has 0 saturated carbocycles. The summed E-state index contributed by atoms with van der Waals surface area (Å²) in [4.78, 5) is 16.7. The Labute approximate surface area is 188 Å². The zero-order valence-corrected chi connectivity index (χ0v) is 18.2. The Morgan fingerprint density at radius 1 is 1.00 bits per heavy atom. The first-order valence-corrected chi connectivity index (χ1v) is 11.3. The zero-order chi connectivity index (χ0) is 23.6. The summed E-state index contributed by atoms with van der Waals surface area (Å²) in [5, 5.41) is 0. The fraction of sp³-hybridized carbons (Fsp3) is 0.130. The van der Waals surface area contributed by atoms with Crippen molar-refractivity contribution >= 4 is 32.7 Å². The molecule has 0 aliphatic rings. The summed E-state index contributed by atoms with van der Waals surface area (Å²) < 4.78 is 60.5. The number of hydrogen-bond acceptors (Lipinski definition) is 5. The average Bonchev–Trinajstić information content (AvgIpc) is 3.21. The summed E-state index contributed by atoms with van der Waals surface area (Å²) >= 11 is 0. The molecule has 4 aromatic rings. The van der Waals surface area contributed by atoms with Gasteiger partial charge >= 0.3 is 12.5 Å². The normalized spacial score (nSPS) is 11.6. The van der Waals surface area contributed by atoms with Crippen molar-refractivity contribution in [3.63, 3.8) is 0 Å². The van der Waals surface area contributed by atoms with Crippen LogP contribution in [-0.2, 0) is 21.4 Å². The molecule has 0 amide bonds. The fourth-order valence-electron chi connectivity index (χ4n) is 3.41. The standard InChI is InChI=1S/C23H19F2N3O4S/c1-27(16-9-3-2-4-10-16)33(30,31)20-14-8-5-11-17(20)22(29)32-15-21-26-18-12-6-7-13-19(18)28(21)23(24)25/h2-14,23H,15H2,1H3. The van der Waals surface area contributed by atoms with Crippen molar-refractivity contribution in [1.29, 1.82) is 0 Å². The Morgan fingerprint density at radius 3 is 2.36 bits per heavy atom. The van der Waals surface area contributed by atoms with E-state index in [-0.39, 0.29) is 21.8 Å². The second-order valence-corrected chi connectivity index (χ2v) is 8.98. The molecule has 0 N–H and O–H groups in total. The minimum atomic E-state index is -4.10. The van der Waals surface area contributed by atoms with E-state index >= 15 is 0 Å². The maximum absolute atomic E-state index is 13.6. The summed E-state index contributed by atoms with van der Waals surface area (Å²) in [5.74, 6) is -1.12. The van der Waals surface area contributed by atoms with Gasteiger partial charge in [0.05, 0.1) is 22.3 Å². The summed E-state index contributed by atoms with van der Waals surface area (Å²) in [6.07, 6.45) is 0. The van der Waals surface area contributed by atoms with Gasteiger partial charge < -0.3 is 4.74 Å². The van der Waals surface area contributed by atoms with Gasteiger partial charge in [0.2, 0.25) is 0 Å². The number of esters is 1. The molecule has 0 aliphatic carbocycles. The van der Waals surface area contributed by atoms with Crippen LogP contribution >= 0.6 is 0 Å². The average molecular weight is 471 g/mol. The highest BCUT2D eigenvalue weighted by Gasteiger charge is 2.28. The molecule has 0 spiro atoms. The smallest absolute Gasteiger partial charge is 0.339 e. The van der Waals surface area contributed by atoms with Crippen molar-refractivity contribution in [2.45, 2.75) is 18.1 Å². The van der Waals surface area contributed by atoms with Gasteiger partial charge in [-0.05, 0) is 36.4 Å². The minimum absolute atomic E-state index is 0.152. The van der Waals surface area contributed by atoms with Gasteiger partial charge in [-0.15, -0.1) is 0 Å². The van der Waals surface area contributed by atoms with Gasteiger partial charge in [-0.3, -0.25) is 8.87 Å². The lowest BCUT2D eigenvalue weighted by atomic mass is 10.2. The number of ether oxygens (including phenoxy) is 1. The van der Waals surface area contributed by atoms with Gasteiger partial charge in [-0.25, -0.2) is 18.2 Å². The molecular weight excluding hydrogens is 452 g/mol. The molecule has 10 heteroatoms. The van der Waals surface area contributed by atoms with Gasteiger partial charge in [-0.1, -0.05) is 42.5 Å². The van der Waals surface area contributed by atoms with Crippen LogP contribution in [0.4, 0.5) is 14.5 Å². The third-order valence-corrected chi connectivity index (χ3v) is 6.91. The summed E-state index contributed by atoms with van der Waals surface area (Å²) in [7, 11) is -2.73. The van der Waals surface area contributed by atoms with E-state index in [1.165, 1.54) is 37.4 Å². The topological polar surface area (TPSA) is 81.5 Å². The number of halogens is 2. The lowest BCUT2D eigenvalue weighted by Crippen LogP contribution is -2.28. The quantitative estimate of drug-likeness (QED) is 0.368. The Bertz CT molecular complexity index is 1410. The number of anilines is 1. The molecule has 1 heterocycles. The number of sulfonamides is 1. The van der Waals surface area contributed by atoms with E-state index in [0.29, 0.717) is 15.8 Å². The lowest BCUT2D eigenvalue weighted by Gasteiger charge is -2.20. The maximum Gasteiger partial charge on any atom is 0.339 e. The highest BCUT2D eigenvalue weighted by molar-refractivity contribution is 7.92. The molecular formula is C23H19F2N3O4S. The molecule has 170 valence electrons. The van der Waals surface area contributed by atoms with Crippen LogP contribution in [0.2, 0.25) is 0 Å². The molecule has 0 unspecified atom stereocenters. The number of fused-ring (bicyclic) bond motifs is 1. The van der Waals surface area contributed by atoms with Gasteiger partial charge in [-0.2, -0.15) is 8.78 Å². The van der Waals surface area contributed by atoms with Gasteiger partial charge in [0.25, 0.3) is 10.0 Å². The first-order chi connectivity index (χ1) is 15.8. The molecule has 0 aliphatic heterocycles. The Kier molecular flexibility index (Phi) is 6.10. The molecule has 33 heavy (non-hydrogen) atoms. The Morgan fingerprint density at radius 2 is 1.64 bits per heavy atom. The number of benzene rings is 3. The zero-order valence-electron chi connectivity index (χ0n) is 17.4. The molecule has 0 saturated heterocycles. The predicted octanol–water partition coefficient (Wildman–Crippen LogP) is 4.61. The van der Waals surface area contributed by atoms with E-state index in [0.717, 1.165) is 4.31 Å². The van der Waals surface area contributed by atoms with Crippen LogP contribution < -0.4 is 4.31 Å². The van der Waals surface area contributed by atoms with E-state index in [9.17, 15) is 22.0 Å². The van der Waals surface area contributed by atoms with Crippen LogP contribution in [0.15, 0.2) is 83.8 Å². The molecule has 0 fully saturated rings. The van der Waals surface area contributed by atoms with Gasteiger partial charge in [0.15, 0.2) is 5.82 Å². The van der Waals surface area contributed by atoms with Crippen molar-refractivity contribution in [3.05, 3.63) is 90.3 Å². The number of imidazole rings is 1. The number of aromatic nitrogens is 2. The summed E-state index contributed by atoms with van der Waals surface area (Å²) in [6, 6.07) is 20.3. The van der Waals surface area contributed by atoms with E-state index in [1.807, 2.05) is 0 Å². The lowest BCUT2D eigenvalue weighted by molar-refractivity contribution is 0.0384. The molecule has 0 radical (unpaired) electrons. The first-order valence-electron chi connectivity index (χ1n) is 9.85. The third-order valence-electron chi connectivity index (χ3n) is 5.06. The maximum atomic E-state index is 13.6. The van der Waals surface area contributed by atoms with E-state index < -0.39 is 29.1 Å². The number of alkyl halides is 2. The van der Waals surface area contributed by atoms with E-state index in [1.54, 1.807) is 48.5 Å². The fourth-order valence-corrected chi connectivity index (χ4v) is 4.78. The Balaban J connectivity index is 1.62. The van der Waals surface area contributed by atoms with Crippen molar-refractivity contribution in [3.8, 4) is 0 Å². The first kappa shape index (κ1) is 22.4. The third kappa shape index (κ3) is 4.29. The number of carbonyl (C=O) groups is 1. The number of hydrogen-bond donors (Lipinski definition) is 0. The number of carbonyl (C=O) groups excluding carboxylic acids is 1.